The van der Waals surface area contributed by atoms with E-state index in [0.29, 0.717) is 24.8 Å². The first kappa shape index (κ1) is 15.3. The molecule has 1 fully saturated rings. The zero-order valence-corrected chi connectivity index (χ0v) is 12.9. The maximum Gasteiger partial charge on any atom is 0.218 e. The van der Waals surface area contributed by atoms with Crippen LogP contribution >= 0.6 is 0 Å². The molecule has 112 valence electrons. The van der Waals surface area contributed by atoms with Gasteiger partial charge in [0.2, 0.25) is 10.0 Å². The molecule has 0 amide bonds. The molecule has 0 unspecified atom stereocenters. The number of nitrogen functional groups attached to an aromatic ring is 1. The van der Waals surface area contributed by atoms with Crippen molar-refractivity contribution in [1.29, 1.82) is 0 Å². The largest absolute Gasteiger partial charge is 0.399 e. The zero-order valence-electron chi connectivity index (χ0n) is 12.1. The molecule has 0 spiro atoms. The Kier molecular flexibility index (Phi) is 4.67. The first-order valence-corrected chi connectivity index (χ1v) is 8.48. The molecule has 0 aromatic heterocycles. The van der Waals surface area contributed by atoms with E-state index in [2.05, 4.69) is 4.90 Å². The molecule has 1 aromatic rings. The second-order valence-corrected chi connectivity index (χ2v) is 7.56. The minimum absolute atomic E-state index is 0.0555. The lowest BCUT2D eigenvalue weighted by atomic mass is 10.1. The molecule has 0 aliphatic carbocycles. The van der Waals surface area contributed by atoms with Crippen LogP contribution in [0.1, 0.15) is 18.4 Å². The summed E-state index contributed by atoms with van der Waals surface area (Å²) in [4.78, 5) is 2.17. The van der Waals surface area contributed by atoms with Crippen LogP contribution in [-0.2, 0) is 15.8 Å². The molecule has 2 N–H and O–H groups in total. The van der Waals surface area contributed by atoms with Crippen LogP contribution < -0.4 is 5.73 Å². The number of anilines is 1. The maximum absolute atomic E-state index is 12.4. The van der Waals surface area contributed by atoms with Crippen molar-refractivity contribution in [2.24, 2.45) is 0 Å². The van der Waals surface area contributed by atoms with Crippen molar-refractivity contribution in [3.63, 3.8) is 0 Å². The van der Waals surface area contributed by atoms with Crippen LogP contribution in [0.3, 0.4) is 0 Å². The minimum Gasteiger partial charge on any atom is -0.399 e. The molecule has 1 aromatic carbocycles. The van der Waals surface area contributed by atoms with Gasteiger partial charge in [0.25, 0.3) is 0 Å². The van der Waals surface area contributed by atoms with Crippen molar-refractivity contribution in [1.82, 2.24) is 9.21 Å². The van der Waals surface area contributed by atoms with Crippen LogP contribution in [0.2, 0.25) is 0 Å². The van der Waals surface area contributed by atoms with Crippen LogP contribution in [0.15, 0.2) is 24.3 Å². The Balaban J connectivity index is 1.99. The fourth-order valence-corrected chi connectivity index (χ4v) is 4.12. The lowest BCUT2D eigenvalue weighted by molar-refractivity contribution is 0.196. The number of benzene rings is 1. The average Bonchev–Trinajstić information content (AvgIpc) is 2.41. The number of nitrogens with two attached hydrogens (primary N) is 1. The molecule has 1 aliphatic heterocycles. The molecule has 0 radical (unpaired) electrons. The van der Waals surface area contributed by atoms with Crippen molar-refractivity contribution >= 4 is 15.7 Å². The smallest absolute Gasteiger partial charge is 0.218 e. The molecule has 5 nitrogen and oxygen atoms in total. The summed E-state index contributed by atoms with van der Waals surface area (Å²) in [5, 5.41) is 0. The third-order valence-electron chi connectivity index (χ3n) is 3.88. The highest BCUT2D eigenvalue weighted by atomic mass is 32.2. The van der Waals surface area contributed by atoms with Gasteiger partial charge in [0, 0.05) is 24.8 Å². The molecule has 0 saturated carbocycles. The summed E-state index contributed by atoms with van der Waals surface area (Å²) in [6, 6.07) is 7.52. The molecule has 6 heteroatoms. The lowest BCUT2D eigenvalue weighted by Crippen LogP contribution is -2.44. The van der Waals surface area contributed by atoms with Crippen molar-refractivity contribution in [2.75, 3.05) is 32.9 Å². The number of piperidine rings is 1. The van der Waals surface area contributed by atoms with E-state index in [4.69, 9.17) is 5.73 Å². The lowest BCUT2D eigenvalue weighted by Gasteiger charge is -2.34. The van der Waals surface area contributed by atoms with Gasteiger partial charge in [-0.15, -0.1) is 0 Å². The van der Waals surface area contributed by atoms with E-state index in [-0.39, 0.29) is 5.75 Å². The SMILES string of the molecule is CN(C)C1CCN(S(=O)(=O)Cc2ccc(N)cc2)CC1. The third kappa shape index (κ3) is 3.71. The van der Waals surface area contributed by atoms with E-state index in [1.54, 1.807) is 28.6 Å². The quantitative estimate of drug-likeness (QED) is 0.846. The fraction of sp³-hybridized carbons (Fsp3) is 0.571. The standard InChI is InChI=1S/C14H23N3O2S/c1-16(2)14-7-9-17(10-8-14)20(18,19)11-12-3-5-13(15)6-4-12/h3-6,14H,7-11,15H2,1-2H3. The summed E-state index contributed by atoms with van der Waals surface area (Å²) in [7, 11) is 0.865. The van der Waals surface area contributed by atoms with Crippen LogP contribution in [0.25, 0.3) is 0 Å². The van der Waals surface area contributed by atoms with E-state index in [9.17, 15) is 8.42 Å². The Bertz CT molecular complexity index is 532. The predicted octanol–water partition coefficient (Wildman–Crippen LogP) is 1.12. The number of hydrogen-bond donors (Lipinski definition) is 1. The molecule has 20 heavy (non-hydrogen) atoms. The van der Waals surface area contributed by atoms with Crippen molar-refractivity contribution < 1.29 is 8.42 Å². The van der Waals surface area contributed by atoms with Crippen LogP contribution in [-0.4, -0.2) is 50.8 Å². The molecular formula is C14H23N3O2S. The summed E-state index contributed by atoms with van der Waals surface area (Å²) < 4.78 is 26.4. The van der Waals surface area contributed by atoms with E-state index in [1.807, 2.05) is 14.1 Å². The van der Waals surface area contributed by atoms with Crippen LogP contribution in [0.5, 0.6) is 0 Å². The van der Waals surface area contributed by atoms with Gasteiger partial charge in [-0.2, -0.15) is 0 Å². The van der Waals surface area contributed by atoms with Gasteiger partial charge in [0.05, 0.1) is 5.75 Å². The van der Waals surface area contributed by atoms with E-state index in [0.717, 1.165) is 18.4 Å². The summed E-state index contributed by atoms with van der Waals surface area (Å²) in [6.45, 7) is 1.22. The van der Waals surface area contributed by atoms with E-state index >= 15 is 0 Å². The first-order chi connectivity index (χ1) is 9.38. The number of rotatable bonds is 4. The van der Waals surface area contributed by atoms with Crippen LogP contribution in [0.4, 0.5) is 5.69 Å². The van der Waals surface area contributed by atoms with Gasteiger partial charge in [-0.1, -0.05) is 12.1 Å². The number of sulfonamides is 1. The van der Waals surface area contributed by atoms with Gasteiger partial charge >= 0.3 is 0 Å². The monoisotopic (exact) mass is 297 g/mol. The Morgan fingerprint density at radius 3 is 2.25 bits per heavy atom. The molecule has 2 rings (SSSR count). The Hall–Kier alpha value is -1.11. The van der Waals surface area contributed by atoms with Gasteiger partial charge < -0.3 is 10.6 Å². The normalized spacial score (nSPS) is 18.6. The van der Waals surface area contributed by atoms with Gasteiger partial charge in [-0.3, -0.25) is 0 Å². The highest BCUT2D eigenvalue weighted by Crippen LogP contribution is 2.20. The molecule has 0 atom stereocenters. The maximum atomic E-state index is 12.4. The molecule has 1 heterocycles. The van der Waals surface area contributed by atoms with Crippen molar-refractivity contribution in [3.8, 4) is 0 Å². The van der Waals surface area contributed by atoms with Gasteiger partial charge in [-0.25, -0.2) is 12.7 Å². The summed E-state index contributed by atoms with van der Waals surface area (Å²) in [5.41, 5.74) is 7.05. The first-order valence-electron chi connectivity index (χ1n) is 6.87. The molecule has 0 bridgehead atoms. The minimum atomic E-state index is -3.22. The van der Waals surface area contributed by atoms with Gasteiger partial charge in [0.1, 0.15) is 0 Å². The molecular weight excluding hydrogens is 274 g/mol. The van der Waals surface area contributed by atoms with Crippen LogP contribution in [0, 0.1) is 0 Å². The number of nitrogens with zero attached hydrogens (tertiary/aromatic N) is 2. The Morgan fingerprint density at radius 1 is 1.20 bits per heavy atom. The van der Waals surface area contributed by atoms with Crippen molar-refractivity contribution in [2.45, 2.75) is 24.6 Å². The number of hydrogen-bond acceptors (Lipinski definition) is 4. The summed E-state index contributed by atoms with van der Waals surface area (Å²) in [5.74, 6) is 0.0555. The Morgan fingerprint density at radius 2 is 1.75 bits per heavy atom. The highest BCUT2D eigenvalue weighted by molar-refractivity contribution is 7.88. The van der Waals surface area contributed by atoms with Gasteiger partial charge in [0.15, 0.2) is 0 Å². The topological polar surface area (TPSA) is 66.6 Å². The highest BCUT2D eigenvalue weighted by Gasteiger charge is 2.28. The second-order valence-electron chi connectivity index (χ2n) is 5.59. The average molecular weight is 297 g/mol. The van der Waals surface area contributed by atoms with E-state index in [1.165, 1.54) is 0 Å². The van der Waals surface area contributed by atoms with E-state index < -0.39 is 10.0 Å². The Labute approximate surface area is 121 Å². The summed E-state index contributed by atoms with van der Waals surface area (Å²) >= 11 is 0. The second kappa shape index (κ2) is 6.11. The molecule has 1 aliphatic rings. The molecule has 1 saturated heterocycles. The fourth-order valence-electron chi connectivity index (χ4n) is 2.55. The summed E-state index contributed by atoms with van der Waals surface area (Å²) in [6.07, 6.45) is 1.79. The van der Waals surface area contributed by atoms with Crippen molar-refractivity contribution in [3.05, 3.63) is 29.8 Å². The zero-order chi connectivity index (χ0) is 14.8. The van der Waals surface area contributed by atoms with Gasteiger partial charge in [-0.05, 0) is 44.6 Å². The third-order valence-corrected chi connectivity index (χ3v) is 5.73. The predicted molar refractivity (Wildman–Crippen MR) is 81.8 cm³/mol.